The molecule has 0 radical (unpaired) electrons. The standard InChI is InChI=1S/C25H29ClN4O4/c1-17-14-19(9-10-21(17)30(33)34)25(32)29-13-5-8-22(29)24(31)27-16-23(28-11-2-3-12-28)18-6-4-7-20(26)15-18/h4,6-7,9-10,14-15,22-23H,2-3,5,8,11-13,16H2,1H3,(H,27,31). The predicted octanol–water partition coefficient (Wildman–Crippen LogP) is 4.11. The number of benzene rings is 2. The average Bonchev–Trinajstić information content (AvgIpc) is 3.51. The monoisotopic (exact) mass is 484 g/mol. The van der Waals surface area contributed by atoms with Crippen molar-refractivity contribution >= 4 is 29.1 Å². The first kappa shape index (κ1) is 24.2. The van der Waals surface area contributed by atoms with Crippen LogP contribution in [-0.4, -0.2) is 58.8 Å². The summed E-state index contributed by atoms with van der Waals surface area (Å²) in [6, 6.07) is 11.5. The van der Waals surface area contributed by atoms with E-state index >= 15 is 0 Å². The van der Waals surface area contributed by atoms with E-state index in [1.807, 2.05) is 24.3 Å². The zero-order chi connectivity index (χ0) is 24.2. The lowest BCUT2D eigenvalue weighted by atomic mass is 10.0. The molecule has 2 unspecified atom stereocenters. The number of nitro groups is 1. The third-order valence-corrected chi connectivity index (χ3v) is 6.98. The lowest BCUT2D eigenvalue weighted by Gasteiger charge is -2.30. The van der Waals surface area contributed by atoms with Crippen LogP contribution in [0.2, 0.25) is 5.02 Å². The first-order valence-electron chi connectivity index (χ1n) is 11.7. The molecule has 2 fully saturated rings. The normalized spacial score (nSPS) is 19.2. The topological polar surface area (TPSA) is 95.8 Å². The Morgan fingerprint density at radius 2 is 1.91 bits per heavy atom. The summed E-state index contributed by atoms with van der Waals surface area (Å²) < 4.78 is 0. The Labute approximate surface area is 204 Å². The summed E-state index contributed by atoms with van der Waals surface area (Å²) in [5, 5.41) is 14.8. The summed E-state index contributed by atoms with van der Waals surface area (Å²) in [4.78, 5) is 40.9. The Bertz CT molecular complexity index is 1090. The third-order valence-electron chi connectivity index (χ3n) is 6.74. The number of halogens is 1. The molecule has 34 heavy (non-hydrogen) atoms. The van der Waals surface area contributed by atoms with Crippen molar-refractivity contribution in [1.82, 2.24) is 15.1 Å². The van der Waals surface area contributed by atoms with Crippen LogP contribution in [0.4, 0.5) is 5.69 Å². The number of hydrogen-bond donors (Lipinski definition) is 1. The molecule has 180 valence electrons. The maximum atomic E-state index is 13.2. The van der Waals surface area contributed by atoms with E-state index in [0.29, 0.717) is 35.7 Å². The SMILES string of the molecule is Cc1cc(C(=O)N2CCCC2C(=O)NCC(c2cccc(Cl)c2)N2CCCC2)ccc1[N+](=O)[O-]. The molecular formula is C25H29ClN4O4. The Kier molecular flexibility index (Phi) is 7.48. The lowest BCUT2D eigenvalue weighted by molar-refractivity contribution is -0.385. The largest absolute Gasteiger partial charge is 0.352 e. The predicted molar refractivity (Wildman–Crippen MR) is 130 cm³/mol. The number of nitro benzene ring substituents is 1. The molecule has 2 aromatic carbocycles. The van der Waals surface area contributed by atoms with Gasteiger partial charge < -0.3 is 10.2 Å². The number of carbonyl (C=O) groups is 2. The number of carbonyl (C=O) groups excluding carboxylic acids is 2. The number of nitrogens with zero attached hydrogens (tertiary/aromatic N) is 3. The van der Waals surface area contributed by atoms with Crippen LogP contribution in [0.1, 0.15) is 53.2 Å². The molecule has 8 nitrogen and oxygen atoms in total. The Morgan fingerprint density at radius 1 is 1.15 bits per heavy atom. The average molecular weight is 485 g/mol. The van der Waals surface area contributed by atoms with Gasteiger partial charge in [0.1, 0.15) is 6.04 Å². The van der Waals surface area contributed by atoms with E-state index in [0.717, 1.165) is 37.9 Å². The summed E-state index contributed by atoms with van der Waals surface area (Å²) in [6.45, 7) is 4.48. The summed E-state index contributed by atoms with van der Waals surface area (Å²) in [6.07, 6.45) is 3.59. The minimum Gasteiger partial charge on any atom is -0.352 e. The van der Waals surface area contributed by atoms with E-state index in [1.54, 1.807) is 11.8 Å². The van der Waals surface area contributed by atoms with E-state index in [9.17, 15) is 19.7 Å². The molecule has 0 spiro atoms. The Morgan fingerprint density at radius 3 is 2.59 bits per heavy atom. The molecule has 0 aliphatic carbocycles. The first-order valence-corrected chi connectivity index (χ1v) is 12.1. The zero-order valence-electron chi connectivity index (χ0n) is 19.2. The molecule has 2 heterocycles. The summed E-state index contributed by atoms with van der Waals surface area (Å²) in [5.41, 5.74) is 1.82. The van der Waals surface area contributed by atoms with Gasteiger partial charge in [0, 0.05) is 35.3 Å². The number of nitrogens with one attached hydrogen (secondary N) is 1. The maximum Gasteiger partial charge on any atom is 0.272 e. The van der Waals surface area contributed by atoms with Gasteiger partial charge in [0.15, 0.2) is 0 Å². The molecule has 1 N–H and O–H groups in total. The highest BCUT2D eigenvalue weighted by Crippen LogP contribution is 2.28. The van der Waals surface area contributed by atoms with Crippen molar-refractivity contribution in [3.05, 3.63) is 74.3 Å². The van der Waals surface area contributed by atoms with E-state index in [1.165, 1.54) is 18.2 Å². The van der Waals surface area contributed by atoms with Crippen molar-refractivity contribution in [3.63, 3.8) is 0 Å². The van der Waals surface area contributed by atoms with E-state index < -0.39 is 11.0 Å². The first-order chi connectivity index (χ1) is 16.3. The second-order valence-electron chi connectivity index (χ2n) is 8.97. The van der Waals surface area contributed by atoms with Crippen LogP contribution >= 0.6 is 11.6 Å². The molecule has 0 bridgehead atoms. The van der Waals surface area contributed by atoms with Crippen LogP contribution in [0.25, 0.3) is 0 Å². The summed E-state index contributed by atoms with van der Waals surface area (Å²) in [7, 11) is 0. The molecule has 0 aromatic heterocycles. The fourth-order valence-electron chi connectivity index (χ4n) is 4.98. The molecule has 9 heteroatoms. The van der Waals surface area contributed by atoms with Crippen LogP contribution in [0.5, 0.6) is 0 Å². The highest BCUT2D eigenvalue weighted by molar-refractivity contribution is 6.30. The molecule has 2 aliphatic heterocycles. The zero-order valence-corrected chi connectivity index (χ0v) is 20.0. The van der Waals surface area contributed by atoms with Gasteiger partial charge in [-0.3, -0.25) is 24.6 Å². The fraction of sp³-hybridized carbons (Fsp3) is 0.440. The van der Waals surface area contributed by atoms with Crippen molar-refractivity contribution in [2.45, 2.75) is 44.7 Å². The van der Waals surface area contributed by atoms with E-state index in [2.05, 4.69) is 10.2 Å². The number of rotatable bonds is 7. The lowest BCUT2D eigenvalue weighted by Crippen LogP contribution is -2.48. The minimum absolute atomic E-state index is 0.0213. The summed E-state index contributed by atoms with van der Waals surface area (Å²) >= 11 is 6.22. The fourth-order valence-corrected chi connectivity index (χ4v) is 5.18. The van der Waals surface area contributed by atoms with Gasteiger partial charge in [-0.1, -0.05) is 23.7 Å². The summed E-state index contributed by atoms with van der Waals surface area (Å²) in [5.74, 6) is -0.447. The van der Waals surface area contributed by atoms with Gasteiger partial charge in [0.25, 0.3) is 11.6 Å². The van der Waals surface area contributed by atoms with Gasteiger partial charge in [-0.2, -0.15) is 0 Å². The van der Waals surface area contributed by atoms with Crippen LogP contribution in [0, 0.1) is 17.0 Å². The smallest absolute Gasteiger partial charge is 0.272 e. The van der Waals surface area contributed by atoms with Gasteiger partial charge in [0.2, 0.25) is 5.91 Å². The Balaban J connectivity index is 1.45. The van der Waals surface area contributed by atoms with Gasteiger partial charge in [0.05, 0.1) is 11.0 Å². The molecule has 4 rings (SSSR count). The molecule has 0 saturated carbocycles. The van der Waals surface area contributed by atoms with Crippen LogP contribution < -0.4 is 5.32 Å². The molecule has 2 aromatic rings. The molecular weight excluding hydrogens is 456 g/mol. The quantitative estimate of drug-likeness (QED) is 0.471. The maximum absolute atomic E-state index is 13.2. The van der Waals surface area contributed by atoms with E-state index in [-0.39, 0.29) is 23.5 Å². The number of hydrogen-bond acceptors (Lipinski definition) is 5. The second-order valence-corrected chi connectivity index (χ2v) is 9.41. The minimum atomic E-state index is -0.554. The van der Waals surface area contributed by atoms with Crippen molar-refractivity contribution in [2.75, 3.05) is 26.2 Å². The highest BCUT2D eigenvalue weighted by atomic mass is 35.5. The van der Waals surface area contributed by atoms with Gasteiger partial charge >= 0.3 is 0 Å². The molecule has 2 atom stereocenters. The number of likely N-dealkylation sites (tertiary alicyclic amines) is 2. The molecule has 2 amide bonds. The van der Waals surface area contributed by atoms with Crippen molar-refractivity contribution < 1.29 is 14.5 Å². The van der Waals surface area contributed by atoms with Crippen molar-refractivity contribution in [1.29, 1.82) is 0 Å². The van der Waals surface area contributed by atoms with Crippen LogP contribution in [0.15, 0.2) is 42.5 Å². The third kappa shape index (κ3) is 5.23. The number of amides is 2. The van der Waals surface area contributed by atoms with Gasteiger partial charge in [-0.05, 0) is 75.5 Å². The van der Waals surface area contributed by atoms with E-state index in [4.69, 9.17) is 11.6 Å². The van der Waals surface area contributed by atoms with Gasteiger partial charge in [-0.25, -0.2) is 0 Å². The highest BCUT2D eigenvalue weighted by Gasteiger charge is 2.35. The van der Waals surface area contributed by atoms with Crippen LogP contribution in [-0.2, 0) is 4.79 Å². The second kappa shape index (κ2) is 10.5. The van der Waals surface area contributed by atoms with Crippen LogP contribution in [0.3, 0.4) is 0 Å². The molecule has 2 aliphatic rings. The number of aryl methyl sites for hydroxylation is 1. The van der Waals surface area contributed by atoms with Crippen molar-refractivity contribution in [2.24, 2.45) is 0 Å². The van der Waals surface area contributed by atoms with Crippen molar-refractivity contribution in [3.8, 4) is 0 Å². The molecule has 2 saturated heterocycles. The Hall–Kier alpha value is -2.97. The van der Waals surface area contributed by atoms with Gasteiger partial charge in [-0.15, -0.1) is 0 Å².